The van der Waals surface area contributed by atoms with Gasteiger partial charge in [0, 0.05) is 0 Å². The Labute approximate surface area is 78.0 Å². The molecule has 0 saturated heterocycles. The van der Waals surface area contributed by atoms with E-state index >= 15 is 0 Å². The standard InChI is InChI=1S/C5H10N2.2ClH.Pt/c6-4-2-1-3-5(4)7;;;/h4-7H,1-3H2;2*1H;/q-2;;;+4/p-2. The quantitative estimate of drug-likeness (QED) is 0.633. The van der Waals surface area contributed by atoms with Gasteiger partial charge in [0.05, 0.1) is 0 Å². The second kappa shape index (κ2) is 6.87. The summed E-state index contributed by atoms with van der Waals surface area (Å²) in [5.41, 5.74) is 14.3. The van der Waals surface area contributed by atoms with Crippen LogP contribution in [0.15, 0.2) is 0 Å². The summed E-state index contributed by atoms with van der Waals surface area (Å²) in [6.45, 7) is 0. The van der Waals surface area contributed by atoms with Gasteiger partial charge in [-0.15, -0.1) is 0 Å². The van der Waals surface area contributed by atoms with Crippen LogP contribution in [0.5, 0.6) is 0 Å². The molecule has 0 bridgehead atoms. The van der Waals surface area contributed by atoms with E-state index in [2.05, 4.69) is 0 Å². The predicted octanol–water partition coefficient (Wildman–Crippen LogP) is 3.39. The average molecular weight is 364 g/mol. The molecule has 2 unspecified atom stereocenters. The summed E-state index contributed by atoms with van der Waals surface area (Å²) in [7, 11) is 9.75. The zero-order valence-electron chi connectivity index (χ0n) is 5.35. The predicted molar refractivity (Wildman–Crippen MR) is 41.8 cm³/mol. The van der Waals surface area contributed by atoms with Crippen molar-refractivity contribution < 1.29 is 16.5 Å². The van der Waals surface area contributed by atoms with Crippen LogP contribution in [-0.2, 0) is 16.5 Å². The van der Waals surface area contributed by atoms with Gasteiger partial charge < -0.3 is 11.5 Å². The first-order valence-corrected chi connectivity index (χ1v) is 8.60. The van der Waals surface area contributed by atoms with Gasteiger partial charge in [0.1, 0.15) is 0 Å². The first-order chi connectivity index (χ1) is 4.72. The summed E-state index contributed by atoms with van der Waals surface area (Å²) >= 11 is -0.472. The van der Waals surface area contributed by atoms with Gasteiger partial charge in [-0.3, -0.25) is 0 Å². The van der Waals surface area contributed by atoms with E-state index in [9.17, 15) is 0 Å². The van der Waals surface area contributed by atoms with Gasteiger partial charge in [-0.1, -0.05) is 19.3 Å². The Morgan fingerprint density at radius 3 is 1.50 bits per heavy atom. The van der Waals surface area contributed by atoms with Crippen molar-refractivity contribution >= 4 is 18.8 Å². The molecule has 1 saturated carbocycles. The molecule has 0 aromatic heterocycles. The fraction of sp³-hybridized carbons (Fsp3) is 1.00. The van der Waals surface area contributed by atoms with Gasteiger partial charge in [-0.25, -0.2) is 0 Å². The van der Waals surface area contributed by atoms with Crippen LogP contribution >= 0.6 is 18.8 Å². The molecule has 1 aliphatic carbocycles. The topological polar surface area (TPSA) is 47.6 Å². The normalized spacial score (nSPS) is 31.6. The summed E-state index contributed by atoms with van der Waals surface area (Å²) in [5, 5.41) is 0. The third kappa shape index (κ3) is 4.92. The second-order valence-corrected chi connectivity index (χ2v) is 5.47. The monoisotopic (exact) mass is 363 g/mol. The van der Waals surface area contributed by atoms with Crippen LogP contribution in [0.2, 0.25) is 0 Å². The van der Waals surface area contributed by atoms with E-state index in [1.807, 2.05) is 0 Å². The van der Waals surface area contributed by atoms with Crippen LogP contribution in [0.4, 0.5) is 0 Å². The van der Waals surface area contributed by atoms with Crippen LogP contribution in [0.3, 0.4) is 0 Å². The van der Waals surface area contributed by atoms with E-state index in [4.69, 9.17) is 30.3 Å². The van der Waals surface area contributed by atoms with E-state index in [0.717, 1.165) is 19.3 Å². The Balaban J connectivity index is 0.000000236. The van der Waals surface area contributed by atoms with Crippen LogP contribution < -0.4 is 0 Å². The molecule has 0 aromatic rings. The second-order valence-electron chi connectivity index (χ2n) is 2.19. The summed E-state index contributed by atoms with van der Waals surface area (Å²) in [5.74, 6) is 0. The molecular formula is C5H10Cl2N2Pt. The number of halogens is 2. The average Bonchev–Trinajstić information content (AvgIpc) is 2.19. The molecule has 0 radical (unpaired) electrons. The molecule has 0 spiro atoms. The van der Waals surface area contributed by atoms with Crippen molar-refractivity contribution in [2.45, 2.75) is 31.3 Å². The maximum absolute atomic E-state index is 7.15. The van der Waals surface area contributed by atoms with Crippen molar-refractivity contribution in [1.29, 1.82) is 0 Å². The van der Waals surface area contributed by atoms with Gasteiger partial charge in [0.2, 0.25) is 0 Å². The zero-order chi connectivity index (χ0) is 7.98. The Morgan fingerprint density at radius 2 is 1.40 bits per heavy atom. The van der Waals surface area contributed by atoms with E-state index in [1.165, 1.54) is 0 Å². The first kappa shape index (κ1) is 11.2. The molecule has 2 atom stereocenters. The fourth-order valence-electron chi connectivity index (χ4n) is 0.960. The molecule has 0 aromatic carbocycles. The molecule has 2 N–H and O–H groups in total. The van der Waals surface area contributed by atoms with Crippen LogP contribution in [0, 0.1) is 0 Å². The van der Waals surface area contributed by atoms with Gasteiger partial charge in [-0.05, 0) is 0 Å². The molecule has 0 aliphatic heterocycles. The summed E-state index contributed by atoms with van der Waals surface area (Å²) in [4.78, 5) is 0. The molecule has 1 fully saturated rings. The maximum atomic E-state index is 7.15. The molecule has 64 valence electrons. The van der Waals surface area contributed by atoms with Gasteiger partial charge >= 0.3 is 35.3 Å². The van der Waals surface area contributed by atoms with Crippen molar-refractivity contribution in [3.63, 3.8) is 0 Å². The SMILES string of the molecule is [Cl][Pt+2][Cl].[NH-]C1CCCC1[NH-]. The third-order valence-electron chi connectivity index (χ3n) is 1.52. The Bertz CT molecular complexity index is 76.0. The molecule has 1 rings (SSSR count). The number of rotatable bonds is 0. The van der Waals surface area contributed by atoms with Crippen molar-refractivity contribution in [2.24, 2.45) is 0 Å². The summed E-state index contributed by atoms with van der Waals surface area (Å²) in [6, 6.07) is -0.139. The van der Waals surface area contributed by atoms with Gasteiger partial charge in [0.15, 0.2) is 0 Å². The molecule has 0 heterocycles. The van der Waals surface area contributed by atoms with Crippen molar-refractivity contribution in [3.8, 4) is 0 Å². The molecule has 5 heteroatoms. The van der Waals surface area contributed by atoms with E-state index in [1.54, 1.807) is 0 Å². The van der Waals surface area contributed by atoms with E-state index in [-0.39, 0.29) is 12.1 Å². The Hall–Kier alpha value is 1.19. The third-order valence-corrected chi connectivity index (χ3v) is 1.52. The molecular weight excluding hydrogens is 354 g/mol. The van der Waals surface area contributed by atoms with Crippen LogP contribution in [0.25, 0.3) is 11.5 Å². The minimum atomic E-state index is -0.472. The zero-order valence-corrected chi connectivity index (χ0v) is 9.13. The first-order valence-electron chi connectivity index (χ1n) is 2.97. The minimum absolute atomic E-state index is 0.0694. The molecule has 1 aliphatic rings. The maximum Gasteiger partial charge on any atom is -0.0562 e. The number of nitrogens with one attached hydrogen (secondary N) is 2. The number of hydrogen-bond acceptors (Lipinski definition) is 0. The smallest absolute Gasteiger partial charge is 0.0562 e. The minimum Gasteiger partial charge on any atom is -0.676 e. The largest absolute Gasteiger partial charge is 0.676 e. The van der Waals surface area contributed by atoms with E-state index < -0.39 is 16.5 Å². The van der Waals surface area contributed by atoms with Crippen LogP contribution in [-0.4, -0.2) is 12.1 Å². The Kier molecular flexibility index (Phi) is 7.69. The summed E-state index contributed by atoms with van der Waals surface area (Å²) in [6.07, 6.45) is 3.00. The molecule has 2 nitrogen and oxygen atoms in total. The van der Waals surface area contributed by atoms with Gasteiger partial charge in [0.25, 0.3) is 0 Å². The van der Waals surface area contributed by atoms with Crippen molar-refractivity contribution in [3.05, 3.63) is 11.5 Å². The molecule has 10 heavy (non-hydrogen) atoms. The van der Waals surface area contributed by atoms with Crippen molar-refractivity contribution in [2.75, 3.05) is 0 Å². The van der Waals surface area contributed by atoms with Gasteiger partial charge in [-0.2, -0.15) is 12.1 Å². The van der Waals surface area contributed by atoms with Crippen molar-refractivity contribution in [1.82, 2.24) is 0 Å². The summed E-state index contributed by atoms with van der Waals surface area (Å²) < 4.78 is 0. The Morgan fingerprint density at radius 1 is 1.10 bits per heavy atom. The number of hydrogen-bond donors (Lipinski definition) is 0. The van der Waals surface area contributed by atoms with Crippen LogP contribution in [0.1, 0.15) is 19.3 Å². The fourth-order valence-corrected chi connectivity index (χ4v) is 0.960. The van der Waals surface area contributed by atoms with E-state index in [0.29, 0.717) is 0 Å². The molecule has 0 amide bonds.